The molecule has 0 radical (unpaired) electrons. The van der Waals surface area contributed by atoms with Crippen LogP contribution < -0.4 is 0 Å². The summed E-state index contributed by atoms with van der Waals surface area (Å²) in [5.74, 6) is -2.10. The van der Waals surface area contributed by atoms with E-state index in [4.69, 9.17) is 9.52 Å². The lowest BCUT2D eigenvalue weighted by Gasteiger charge is -2.24. The number of likely N-dealkylation sites (tertiary alicyclic amines) is 1. The van der Waals surface area contributed by atoms with Crippen LogP contribution in [0.15, 0.2) is 28.7 Å². The molecule has 2 atom stereocenters. The summed E-state index contributed by atoms with van der Waals surface area (Å²) >= 11 is 0. The number of rotatable bonds is 3. The van der Waals surface area contributed by atoms with Crippen LogP contribution in [0.5, 0.6) is 0 Å². The molecule has 1 aliphatic rings. The van der Waals surface area contributed by atoms with Gasteiger partial charge in [-0.05, 0) is 37.1 Å². The quantitative estimate of drug-likeness (QED) is 0.901. The van der Waals surface area contributed by atoms with Gasteiger partial charge in [-0.25, -0.2) is 8.78 Å². The van der Waals surface area contributed by atoms with Gasteiger partial charge in [0.15, 0.2) is 17.4 Å². The first kappa shape index (κ1) is 16.6. The molecule has 1 aromatic heterocycles. The number of carbonyl (C=O) groups excluding carboxylic acids is 1. The number of halogens is 2. The molecule has 2 heterocycles. The standard InChI is InChI=1S/C17H17F2NO4/c1-9-4-12(8-21)24-16(9)17(23)20-7-11(22)6-15(20)10-2-3-13(18)14(19)5-10/h2-5,11,15,21-22H,6-8H2,1H3/t11-,15-/m1/s1. The van der Waals surface area contributed by atoms with Crippen LogP contribution in [-0.2, 0) is 6.61 Å². The Morgan fingerprint density at radius 1 is 1.33 bits per heavy atom. The van der Waals surface area contributed by atoms with E-state index in [1.54, 1.807) is 13.0 Å². The molecule has 1 fully saturated rings. The van der Waals surface area contributed by atoms with Crippen molar-refractivity contribution in [1.29, 1.82) is 0 Å². The zero-order chi connectivity index (χ0) is 17.4. The highest BCUT2D eigenvalue weighted by atomic mass is 19.2. The number of hydrogen-bond donors (Lipinski definition) is 2. The van der Waals surface area contributed by atoms with E-state index in [0.29, 0.717) is 11.1 Å². The number of hydrogen-bond acceptors (Lipinski definition) is 4. The predicted molar refractivity (Wildman–Crippen MR) is 80.1 cm³/mol. The summed E-state index contributed by atoms with van der Waals surface area (Å²) < 4.78 is 32.0. The zero-order valence-electron chi connectivity index (χ0n) is 13.0. The summed E-state index contributed by atoms with van der Waals surface area (Å²) in [6.07, 6.45) is -0.539. The smallest absolute Gasteiger partial charge is 0.290 e. The molecule has 3 rings (SSSR count). The molecule has 5 nitrogen and oxygen atoms in total. The minimum Gasteiger partial charge on any atom is -0.453 e. The van der Waals surface area contributed by atoms with Gasteiger partial charge in [0.2, 0.25) is 0 Å². The predicted octanol–water partition coefficient (Wildman–Crippen LogP) is 2.31. The lowest BCUT2D eigenvalue weighted by Crippen LogP contribution is -2.32. The Labute approximate surface area is 137 Å². The van der Waals surface area contributed by atoms with Crippen molar-refractivity contribution in [2.45, 2.75) is 32.1 Å². The van der Waals surface area contributed by atoms with Crippen molar-refractivity contribution < 1.29 is 28.2 Å². The molecule has 0 saturated carbocycles. The van der Waals surface area contributed by atoms with Gasteiger partial charge in [-0.1, -0.05) is 6.07 Å². The van der Waals surface area contributed by atoms with Gasteiger partial charge in [-0.15, -0.1) is 0 Å². The van der Waals surface area contributed by atoms with Gasteiger partial charge in [0.25, 0.3) is 5.91 Å². The number of carbonyl (C=O) groups is 1. The fourth-order valence-corrected chi connectivity index (χ4v) is 3.04. The lowest BCUT2D eigenvalue weighted by atomic mass is 10.0. The number of aliphatic hydroxyl groups is 2. The van der Waals surface area contributed by atoms with Crippen LogP contribution in [0.1, 0.15) is 39.9 Å². The van der Waals surface area contributed by atoms with Gasteiger partial charge in [-0.2, -0.15) is 0 Å². The maximum absolute atomic E-state index is 13.5. The van der Waals surface area contributed by atoms with Gasteiger partial charge in [0.05, 0.1) is 12.1 Å². The molecule has 1 saturated heterocycles. The number of benzene rings is 1. The molecule has 2 N–H and O–H groups in total. The molecule has 128 valence electrons. The number of furan rings is 1. The van der Waals surface area contributed by atoms with Gasteiger partial charge < -0.3 is 19.5 Å². The number of β-amino-alcohol motifs (C(OH)–C–C–N with tert-alkyl or cyclic N) is 1. The van der Waals surface area contributed by atoms with Crippen molar-refractivity contribution in [3.63, 3.8) is 0 Å². The minimum atomic E-state index is -1.00. The second-order valence-electron chi connectivity index (χ2n) is 5.92. The first-order valence-electron chi connectivity index (χ1n) is 7.55. The van der Waals surface area contributed by atoms with Crippen molar-refractivity contribution in [1.82, 2.24) is 4.90 Å². The number of aryl methyl sites for hydroxylation is 1. The second-order valence-corrected chi connectivity index (χ2v) is 5.92. The summed E-state index contributed by atoms with van der Waals surface area (Å²) in [6.45, 7) is 1.41. The first-order valence-corrected chi connectivity index (χ1v) is 7.55. The third-order valence-electron chi connectivity index (χ3n) is 4.19. The van der Waals surface area contributed by atoms with E-state index in [1.807, 2.05) is 0 Å². The van der Waals surface area contributed by atoms with Crippen LogP contribution >= 0.6 is 0 Å². The Morgan fingerprint density at radius 2 is 2.08 bits per heavy atom. The van der Waals surface area contributed by atoms with Crippen molar-refractivity contribution >= 4 is 5.91 Å². The fraction of sp³-hybridized carbons (Fsp3) is 0.353. The van der Waals surface area contributed by atoms with Crippen molar-refractivity contribution in [2.75, 3.05) is 6.54 Å². The molecule has 0 unspecified atom stereocenters. The molecule has 1 aliphatic heterocycles. The molecule has 0 aliphatic carbocycles. The van der Waals surface area contributed by atoms with E-state index in [2.05, 4.69) is 0 Å². The van der Waals surface area contributed by atoms with Crippen LogP contribution in [0, 0.1) is 18.6 Å². The van der Waals surface area contributed by atoms with E-state index < -0.39 is 29.7 Å². The van der Waals surface area contributed by atoms with E-state index in [-0.39, 0.29) is 31.1 Å². The highest BCUT2D eigenvalue weighted by Gasteiger charge is 2.37. The summed E-state index contributed by atoms with van der Waals surface area (Å²) in [5.41, 5.74) is 0.972. The Bertz CT molecular complexity index is 774. The van der Waals surface area contributed by atoms with Gasteiger partial charge in [-0.3, -0.25) is 4.79 Å². The molecule has 7 heteroatoms. The minimum absolute atomic E-state index is 0.0666. The van der Waals surface area contributed by atoms with Crippen LogP contribution in [0.2, 0.25) is 0 Å². The van der Waals surface area contributed by atoms with Gasteiger partial charge in [0.1, 0.15) is 12.4 Å². The summed E-state index contributed by atoms with van der Waals surface area (Å²) in [6, 6.07) is 4.42. The molecule has 1 aromatic carbocycles. The Kier molecular flexibility index (Phi) is 4.38. The number of amides is 1. The molecule has 24 heavy (non-hydrogen) atoms. The van der Waals surface area contributed by atoms with Crippen LogP contribution in [0.4, 0.5) is 8.78 Å². The van der Waals surface area contributed by atoms with E-state index in [9.17, 15) is 18.7 Å². The van der Waals surface area contributed by atoms with Crippen molar-refractivity contribution in [2.24, 2.45) is 0 Å². The van der Waals surface area contributed by atoms with Crippen LogP contribution in [0.3, 0.4) is 0 Å². The average Bonchev–Trinajstić information content (AvgIpc) is 3.12. The topological polar surface area (TPSA) is 73.9 Å². The largest absolute Gasteiger partial charge is 0.453 e. The van der Waals surface area contributed by atoms with Crippen molar-refractivity contribution in [3.05, 3.63) is 58.5 Å². The maximum atomic E-state index is 13.5. The SMILES string of the molecule is Cc1cc(CO)oc1C(=O)N1C[C@H](O)C[C@@H]1c1ccc(F)c(F)c1. The third-order valence-corrected chi connectivity index (χ3v) is 4.19. The highest BCUT2D eigenvalue weighted by molar-refractivity contribution is 5.93. The van der Waals surface area contributed by atoms with Crippen LogP contribution in [-0.4, -0.2) is 33.7 Å². The van der Waals surface area contributed by atoms with Gasteiger partial charge >= 0.3 is 0 Å². The Morgan fingerprint density at radius 3 is 2.71 bits per heavy atom. The number of nitrogens with zero attached hydrogens (tertiary/aromatic N) is 1. The third kappa shape index (κ3) is 2.92. The summed E-state index contributed by atoms with van der Waals surface area (Å²) in [5, 5.41) is 19.1. The summed E-state index contributed by atoms with van der Waals surface area (Å²) in [7, 11) is 0. The maximum Gasteiger partial charge on any atom is 0.290 e. The highest BCUT2D eigenvalue weighted by Crippen LogP contribution is 2.34. The first-order chi connectivity index (χ1) is 11.4. The lowest BCUT2D eigenvalue weighted by molar-refractivity contribution is 0.0678. The normalized spacial score (nSPS) is 20.6. The van der Waals surface area contributed by atoms with E-state index in [0.717, 1.165) is 12.1 Å². The second kappa shape index (κ2) is 6.33. The fourth-order valence-electron chi connectivity index (χ4n) is 3.04. The molecular weight excluding hydrogens is 320 g/mol. The zero-order valence-corrected chi connectivity index (χ0v) is 13.0. The molecule has 2 aromatic rings. The Hall–Kier alpha value is -2.25. The molecular formula is C17H17F2NO4. The van der Waals surface area contributed by atoms with Gasteiger partial charge in [0, 0.05) is 12.1 Å². The summed E-state index contributed by atoms with van der Waals surface area (Å²) in [4.78, 5) is 14.1. The Balaban J connectivity index is 1.93. The number of aliphatic hydroxyl groups excluding tert-OH is 2. The monoisotopic (exact) mass is 337 g/mol. The van der Waals surface area contributed by atoms with E-state index in [1.165, 1.54) is 11.0 Å². The average molecular weight is 337 g/mol. The molecule has 0 spiro atoms. The van der Waals surface area contributed by atoms with Crippen molar-refractivity contribution in [3.8, 4) is 0 Å². The molecule has 0 bridgehead atoms. The van der Waals surface area contributed by atoms with E-state index >= 15 is 0 Å². The molecule has 1 amide bonds. The van der Waals surface area contributed by atoms with Crippen LogP contribution in [0.25, 0.3) is 0 Å².